The van der Waals surface area contributed by atoms with E-state index < -0.39 is 0 Å². The van der Waals surface area contributed by atoms with Crippen LogP contribution in [0.5, 0.6) is 5.75 Å². The van der Waals surface area contributed by atoms with Gasteiger partial charge in [0.1, 0.15) is 5.75 Å². The number of phenols is 1. The highest BCUT2D eigenvalue weighted by Crippen LogP contribution is 2.45. The summed E-state index contributed by atoms with van der Waals surface area (Å²) in [4.78, 5) is 4.44. The second kappa shape index (κ2) is 11.6. The molecule has 0 atom stereocenters. The molecular weight excluding hydrogens is 524 g/mol. The number of rotatable bonds is 7. The van der Waals surface area contributed by atoms with Crippen LogP contribution in [0.1, 0.15) is 0 Å². The summed E-state index contributed by atoms with van der Waals surface area (Å²) >= 11 is 0. The number of phenolic OH excluding ortho intramolecular Hbond substituents is 1. The fourth-order valence-corrected chi connectivity index (χ4v) is 5.78. The van der Waals surface area contributed by atoms with Crippen LogP contribution in [0.15, 0.2) is 176 Å². The number of aromatic hydroxyl groups is 1. The minimum atomic E-state index is 0.232. The van der Waals surface area contributed by atoms with Gasteiger partial charge in [0.05, 0.1) is 5.69 Å². The summed E-state index contributed by atoms with van der Waals surface area (Å²) in [6.07, 6.45) is 0. The highest BCUT2D eigenvalue weighted by Gasteiger charge is 2.19. The van der Waals surface area contributed by atoms with Gasteiger partial charge >= 0.3 is 0 Å². The maximum atomic E-state index is 11.5. The Kier molecular flexibility index (Phi) is 7.04. The average molecular weight is 555 g/mol. The summed E-state index contributed by atoms with van der Waals surface area (Å²) < 4.78 is 0. The van der Waals surface area contributed by atoms with Gasteiger partial charge in [0.25, 0.3) is 0 Å². The number of nitrogens with zero attached hydrogens (tertiary/aromatic N) is 2. The maximum absolute atomic E-state index is 11.5. The molecule has 0 aromatic heterocycles. The Hall–Kier alpha value is -5.80. The number of fused-ring (bicyclic) bond motifs is 1. The van der Waals surface area contributed by atoms with Crippen LogP contribution in [0, 0.1) is 0 Å². The molecule has 0 amide bonds. The summed E-state index contributed by atoms with van der Waals surface area (Å²) in [5.74, 6) is 0.232. The van der Waals surface area contributed by atoms with Crippen LogP contribution in [-0.2, 0) is 0 Å². The van der Waals surface area contributed by atoms with Gasteiger partial charge in [-0.25, -0.2) is 0 Å². The average Bonchev–Trinajstić information content (AvgIpc) is 3.07. The second-order valence-electron chi connectivity index (χ2n) is 10.4. The number of hydrogen-bond acceptors (Lipinski definition) is 3. The van der Waals surface area contributed by atoms with E-state index in [1.54, 1.807) is 0 Å². The first-order valence-electron chi connectivity index (χ1n) is 14.4. The van der Waals surface area contributed by atoms with Crippen molar-refractivity contribution in [3.05, 3.63) is 176 Å². The smallest absolute Gasteiger partial charge is 0.125 e. The van der Waals surface area contributed by atoms with Crippen LogP contribution in [0.2, 0.25) is 0 Å². The Morgan fingerprint density at radius 3 is 1.23 bits per heavy atom. The minimum absolute atomic E-state index is 0.232. The van der Waals surface area contributed by atoms with Crippen molar-refractivity contribution >= 4 is 44.9 Å². The van der Waals surface area contributed by atoms with E-state index in [9.17, 15) is 5.11 Å². The zero-order valence-corrected chi connectivity index (χ0v) is 23.6. The summed E-state index contributed by atoms with van der Waals surface area (Å²) in [5.41, 5.74) is 7.96. The lowest BCUT2D eigenvalue weighted by molar-refractivity contribution is 0.477. The van der Waals surface area contributed by atoms with Gasteiger partial charge in [-0.05, 0) is 77.7 Å². The van der Waals surface area contributed by atoms with Gasteiger partial charge < -0.3 is 14.9 Å². The van der Waals surface area contributed by atoms with Crippen molar-refractivity contribution in [2.24, 2.45) is 0 Å². The fraction of sp³-hybridized carbons (Fsp3) is 0. The standard InChI is InChI=1S/C40H30N2O/c43-40-29-34(41(30-15-5-1-6-16-30)31-17-7-2-8-18-31)25-26-38(40)36-27-28-39(37-24-14-13-23-35(36)37)42(32-19-9-3-10-20-32)33-21-11-4-12-22-33/h1-29,43H. The Morgan fingerprint density at radius 2 is 0.744 bits per heavy atom. The molecule has 0 fully saturated rings. The molecule has 0 unspecified atom stereocenters. The van der Waals surface area contributed by atoms with Crippen molar-refractivity contribution in [3.63, 3.8) is 0 Å². The number of hydrogen-bond donors (Lipinski definition) is 1. The van der Waals surface area contributed by atoms with Crippen molar-refractivity contribution in [2.45, 2.75) is 0 Å². The molecule has 1 N–H and O–H groups in total. The van der Waals surface area contributed by atoms with Crippen LogP contribution in [0.25, 0.3) is 21.9 Å². The zero-order chi connectivity index (χ0) is 29.0. The molecule has 7 rings (SSSR count). The lowest BCUT2D eigenvalue weighted by atomic mass is 9.95. The normalized spacial score (nSPS) is 10.9. The summed E-state index contributed by atoms with van der Waals surface area (Å²) in [7, 11) is 0. The third-order valence-electron chi connectivity index (χ3n) is 7.73. The van der Waals surface area contributed by atoms with Crippen LogP contribution in [0.3, 0.4) is 0 Å². The molecule has 0 bridgehead atoms. The van der Waals surface area contributed by atoms with E-state index in [2.05, 4.69) is 125 Å². The van der Waals surface area contributed by atoms with Crippen molar-refractivity contribution in [1.29, 1.82) is 0 Å². The largest absolute Gasteiger partial charge is 0.507 e. The Balaban J connectivity index is 1.35. The van der Waals surface area contributed by atoms with Gasteiger partial charge in [0, 0.05) is 45.5 Å². The van der Waals surface area contributed by atoms with Crippen LogP contribution in [0.4, 0.5) is 34.1 Å². The second-order valence-corrected chi connectivity index (χ2v) is 10.4. The van der Waals surface area contributed by atoms with Crippen LogP contribution >= 0.6 is 0 Å². The number of para-hydroxylation sites is 4. The molecule has 3 nitrogen and oxygen atoms in total. The monoisotopic (exact) mass is 554 g/mol. The third-order valence-corrected chi connectivity index (χ3v) is 7.73. The van der Waals surface area contributed by atoms with Gasteiger partial charge in [-0.15, -0.1) is 0 Å². The molecule has 0 saturated heterocycles. The molecule has 7 aromatic carbocycles. The highest BCUT2D eigenvalue weighted by molar-refractivity contribution is 6.07. The molecule has 0 heterocycles. The third kappa shape index (κ3) is 5.09. The van der Waals surface area contributed by atoms with Gasteiger partial charge in [-0.3, -0.25) is 0 Å². The van der Waals surface area contributed by atoms with Crippen molar-refractivity contribution in [1.82, 2.24) is 0 Å². The van der Waals surface area contributed by atoms with Gasteiger partial charge in [0.15, 0.2) is 0 Å². The molecule has 0 saturated carbocycles. The topological polar surface area (TPSA) is 26.7 Å². The predicted molar refractivity (Wildman–Crippen MR) is 180 cm³/mol. The Bertz CT molecular complexity index is 1900. The van der Waals surface area contributed by atoms with Crippen molar-refractivity contribution < 1.29 is 5.11 Å². The molecule has 7 aromatic rings. The first kappa shape index (κ1) is 26.1. The lowest BCUT2D eigenvalue weighted by Crippen LogP contribution is -2.10. The van der Waals surface area contributed by atoms with E-state index in [-0.39, 0.29) is 5.75 Å². The van der Waals surface area contributed by atoms with E-state index in [0.717, 1.165) is 56.0 Å². The quantitative estimate of drug-likeness (QED) is 0.212. The Labute approximate surface area is 252 Å². The molecule has 0 aliphatic rings. The fourth-order valence-electron chi connectivity index (χ4n) is 5.78. The number of anilines is 6. The SMILES string of the molecule is Oc1cc(N(c2ccccc2)c2ccccc2)ccc1-c1ccc(N(c2ccccc2)c2ccccc2)c2ccccc12. The van der Waals surface area contributed by atoms with Crippen molar-refractivity contribution in [2.75, 3.05) is 9.80 Å². The van der Waals surface area contributed by atoms with Crippen LogP contribution in [-0.4, -0.2) is 5.11 Å². The van der Waals surface area contributed by atoms with E-state index in [4.69, 9.17) is 0 Å². The van der Waals surface area contributed by atoms with Gasteiger partial charge in [-0.2, -0.15) is 0 Å². The maximum Gasteiger partial charge on any atom is 0.125 e. The Morgan fingerprint density at radius 1 is 0.326 bits per heavy atom. The molecule has 0 aliphatic heterocycles. The molecule has 43 heavy (non-hydrogen) atoms. The highest BCUT2D eigenvalue weighted by atomic mass is 16.3. The van der Waals surface area contributed by atoms with Crippen LogP contribution < -0.4 is 9.80 Å². The van der Waals surface area contributed by atoms with Crippen molar-refractivity contribution in [3.8, 4) is 16.9 Å². The lowest BCUT2D eigenvalue weighted by Gasteiger charge is -2.28. The minimum Gasteiger partial charge on any atom is -0.507 e. The summed E-state index contributed by atoms with van der Waals surface area (Å²) in [6.45, 7) is 0. The molecule has 3 heteroatoms. The van der Waals surface area contributed by atoms with Gasteiger partial charge in [-0.1, -0.05) is 103 Å². The molecule has 0 spiro atoms. The first-order valence-corrected chi connectivity index (χ1v) is 14.4. The summed E-state index contributed by atoms with van der Waals surface area (Å²) in [6, 6.07) is 60.0. The molecule has 0 radical (unpaired) electrons. The molecule has 206 valence electrons. The van der Waals surface area contributed by atoms with E-state index >= 15 is 0 Å². The molecular formula is C40H30N2O. The molecule has 0 aliphatic carbocycles. The number of benzene rings is 7. The predicted octanol–water partition coefficient (Wildman–Crippen LogP) is 11.2. The van der Waals surface area contributed by atoms with E-state index in [1.165, 1.54) is 0 Å². The first-order chi connectivity index (χ1) is 21.3. The van der Waals surface area contributed by atoms with Gasteiger partial charge in [0.2, 0.25) is 0 Å². The zero-order valence-electron chi connectivity index (χ0n) is 23.6. The van der Waals surface area contributed by atoms with E-state index in [1.807, 2.05) is 60.7 Å². The summed E-state index contributed by atoms with van der Waals surface area (Å²) in [5, 5.41) is 13.7. The van der Waals surface area contributed by atoms with E-state index in [0.29, 0.717) is 0 Å².